The number of unbranched alkanes of at least 4 members (excludes halogenated alkanes) is 1. The van der Waals surface area contributed by atoms with Crippen LogP contribution in [0.2, 0.25) is 0 Å². The van der Waals surface area contributed by atoms with Crippen LogP contribution in [0.5, 0.6) is 0 Å². The molecular formula is C36H29F9O. The Balaban J connectivity index is 1.23. The summed E-state index contributed by atoms with van der Waals surface area (Å²) in [5, 5.41) is 0. The van der Waals surface area contributed by atoms with Crippen molar-refractivity contribution in [3.05, 3.63) is 131 Å². The van der Waals surface area contributed by atoms with Gasteiger partial charge in [0, 0.05) is 11.1 Å². The number of aryl methyl sites for hydroxylation is 1. The van der Waals surface area contributed by atoms with Gasteiger partial charge in [0.25, 0.3) is 0 Å². The van der Waals surface area contributed by atoms with E-state index in [1.165, 1.54) is 24.3 Å². The summed E-state index contributed by atoms with van der Waals surface area (Å²) >= 11 is 0. The van der Waals surface area contributed by atoms with Gasteiger partial charge in [0.1, 0.15) is 28.8 Å². The first-order valence-electron chi connectivity index (χ1n) is 14.8. The van der Waals surface area contributed by atoms with Gasteiger partial charge in [-0.3, -0.25) is 0 Å². The normalized spacial score (nSPS) is 16.9. The summed E-state index contributed by atoms with van der Waals surface area (Å²) in [6, 6.07) is 11.0. The highest BCUT2D eigenvalue weighted by atomic mass is 19.3. The molecule has 4 aromatic carbocycles. The van der Waals surface area contributed by atoms with Gasteiger partial charge in [0.05, 0.1) is 6.10 Å². The highest BCUT2D eigenvalue weighted by Gasteiger charge is 2.42. The quantitative estimate of drug-likeness (QED) is 0.0720. The predicted molar refractivity (Wildman–Crippen MR) is 157 cm³/mol. The van der Waals surface area contributed by atoms with Gasteiger partial charge in [-0.15, -0.1) is 6.58 Å². The molecule has 0 atom stereocenters. The Bertz CT molecular complexity index is 1700. The van der Waals surface area contributed by atoms with Gasteiger partial charge in [-0.05, 0) is 110 Å². The number of alkyl halides is 2. The van der Waals surface area contributed by atoms with Gasteiger partial charge < -0.3 is 4.74 Å². The van der Waals surface area contributed by atoms with E-state index < -0.39 is 58.5 Å². The van der Waals surface area contributed by atoms with Gasteiger partial charge in [-0.1, -0.05) is 30.3 Å². The largest absolute Gasteiger partial charge is 0.389 e. The first-order chi connectivity index (χ1) is 21.9. The van der Waals surface area contributed by atoms with E-state index in [0.717, 1.165) is 18.2 Å². The number of halogens is 9. The lowest BCUT2D eigenvalue weighted by molar-refractivity contribution is -0.280. The fraction of sp³-hybridized carbons (Fsp3) is 0.278. The lowest BCUT2D eigenvalue weighted by Crippen LogP contribution is -2.31. The average molecular weight is 649 g/mol. The molecule has 10 heteroatoms. The van der Waals surface area contributed by atoms with Crippen LogP contribution in [-0.2, 0) is 17.3 Å². The molecule has 0 N–H and O–H groups in total. The lowest BCUT2D eigenvalue weighted by Gasteiger charge is -2.31. The van der Waals surface area contributed by atoms with Crippen LogP contribution in [0.25, 0.3) is 22.3 Å². The zero-order valence-corrected chi connectivity index (χ0v) is 24.5. The van der Waals surface area contributed by atoms with E-state index in [1.54, 1.807) is 12.1 Å². The first-order valence-corrected chi connectivity index (χ1v) is 14.8. The molecule has 1 nitrogen and oxygen atoms in total. The maximum Gasteiger partial charge on any atom is 0.389 e. The van der Waals surface area contributed by atoms with Crippen molar-refractivity contribution in [3.63, 3.8) is 0 Å². The van der Waals surface area contributed by atoms with Gasteiger partial charge in [-0.2, -0.15) is 8.78 Å². The van der Waals surface area contributed by atoms with Crippen molar-refractivity contribution in [2.75, 3.05) is 0 Å². The summed E-state index contributed by atoms with van der Waals surface area (Å²) in [6.45, 7) is 3.57. The molecule has 0 bridgehead atoms. The van der Waals surface area contributed by atoms with E-state index in [1.807, 2.05) is 0 Å². The smallest absolute Gasteiger partial charge is 0.313 e. The summed E-state index contributed by atoms with van der Waals surface area (Å²) < 4.78 is 135. The molecule has 1 aliphatic rings. The number of allylic oxidation sites excluding steroid dienone is 1. The molecule has 0 heterocycles. The second-order valence-corrected chi connectivity index (χ2v) is 11.4. The minimum absolute atomic E-state index is 0.0538. The molecule has 0 aliphatic heterocycles. The third-order valence-electron chi connectivity index (χ3n) is 8.29. The third-order valence-corrected chi connectivity index (χ3v) is 8.29. The Morgan fingerprint density at radius 1 is 0.674 bits per heavy atom. The molecule has 1 fully saturated rings. The summed E-state index contributed by atoms with van der Waals surface area (Å²) in [4.78, 5) is 0. The van der Waals surface area contributed by atoms with Crippen molar-refractivity contribution >= 4 is 0 Å². The highest BCUT2D eigenvalue weighted by molar-refractivity contribution is 5.71. The van der Waals surface area contributed by atoms with Crippen LogP contribution < -0.4 is 0 Å². The van der Waals surface area contributed by atoms with E-state index in [9.17, 15) is 35.1 Å². The molecule has 0 amide bonds. The van der Waals surface area contributed by atoms with Crippen LogP contribution in [0.4, 0.5) is 39.5 Å². The van der Waals surface area contributed by atoms with Crippen LogP contribution in [0.3, 0.4) is 0 Å². The SMILES string of the molecule is C=CCCCc1cc(F)c(C(F)(F)OC2CCC(c3ccc(-c4ccc(-c5cc(F)c(F)c(F)c5)c(F)c4)c(F)c3)CC2)c(F)c1. The van der Waals surface area contributed by atoms with Crippen molar-refractivity contribution in [2.45, 2.75) is 63.1 Å². The van der Waals surface area contributed by atoms with Gasteiger partial charge in [0.2, 0.25) is 0 Å². The van der Waals surface area contributed by atoms with E-state index in [0.29, 0.717) is 49.8 Å². The van der Waals surface area contributed by atoms with Gasteiger partial charge in [-0.25, -0.2) is 30.7 Å². The molecule has 0 aromatic heterocycles. The molecule has 1 saturated carbocycles. The standard InChI is InChI=1S/C36H29F9O/c1-2-3-4-5-20-14-30(39)34(31(40)15-20)36(44,45)46-25-10-6-21(7-11-25)22-8-12-26(28(37)16-22)23-9-13-27(29(38)17-23)24-18-32(41)35(43)33(42)19-24/h2,8-9,12-19,21,25H,1,3-7,10-11H2. The molecule has 46 heavy (non-hydrogen) atoms. The van der Waals surface area contributed by atoms with Gasteiger partial charge in [0.15, 0.2) is 17.5 Å². The second kappa shape index (κ2) is 13.7. The lowest BCUT2D eigenvalue weighted by atomic mass is 9.82. The molecule has 1 aliphatic carbocycles. The molecular weight excluding hydrogens is 619 g/mol. The Kier molecular flexibility index (Phi) is 9.96. The molecule has 0 unspecified atom stereocenters. The zero-order valence-electron chi connectivity index (χ0n) is 24.5. The molecule has 0 saturated heterocycles. The van der Waals surface area contributed by atoms with Crippen LogP contribution in [0.15, 0.2) is 73.3 Å². The zero-order chi connectivity index (χ0) is 33.2. The molecule has 242 valence electrons. The minimum Gasteiger partial charge on any atom is -0.313 e. The molecule has 4 aromatic rings. The van der Waals surface area contributed by atoms with E-state index in [-0.39, 0.29) is 46.6 Å². The number of hydrogen-bond donors (Lipinski definition) is 0. The van der Waals surface area contributed by atoms with Gasteiger partial charge >= 0.3 is 6.11 Å². The van der Waals surface area contributed by atoms with Crippen LogP contribution in [0, 0.1) is 40.7 Å². The number of ether oxygens (including phenoxy) is 1. The van der Waals surface area contributed by atoms with Crippen molar-refractivity contribution < 1.29 is 44.3 Å². The summed E-state index contributed by atoms with van der Waals surface area (Å²) in [5.74, 6) is -9.17. The number of hydrogen-bond acceptors (Lipinski definition) is 1. The Labute approximate surface area is 260 Å². The highest BCUT2D eigenvalue weighted by Crippen LogP contribution is 2.41. The minimum atomic E-state index is -4.19. The summed E-state index contributed by atoms with van der Waals surface area (Å²) in [5.41, 5.74) is -0.807. The molecule has 5 rings (SSSR count). The summed E-state index contributed by atoms with van der Waals surface area (Å²) in [6.07, 6.45) is -1.04. The number of benzene rings is 4. The van der Waals surface area contributed by atoms with E-state index in [2.05, 4.69) is 6.58 Å². The maximum atomic E-state index is 15.2. The van der Waals surface area contributed by atoms with Crippen molar-refractivity contribution in [1.29, 1.82) is 0 Å². The van der Waals surface area contributed by atoms with Crippen LogP contribution in [0.1, 0.15) is 61.1 Å². The predicted octanol–water partition coefficient (Wildman–Crippen LogP) is 11.3. The maximum absolute atomic E-state index is 15.2. The number of rotatable bonds is 10. The Morgan fingerprint density at radius 3 is 1.83 bits per heavy atom. The monoisotopic (exact) mass is 648 g/mol. The fourth-order valence-corrected chi connectivity index (χ4v) is 5.93. The Morgan fingerprint density at radius 2 is 1.24 bits per heavy atom. The topological polar surface area (TPSA) is 9.23 Å². The van der Waals surface area contributed by atoms with E-state index >= 15 is 4.39 Å². The van der Waals surface area contributed by atoms with Crippen molar-refractivity contribution in [2.24, 2.45) is 0 Å². The summed E-state index contributed by atoms with van der Waals surface area (Å²) in [7, 11) is 0. The molecule has 0 spiro atoms. The third kappa shape index (κ3) is 7.17. The van der Waals surface area contributed by atoms with Crippen molar-refractivity contribution in [1.82, 2.24) is 0 Å². The average Bonchev–Trinajstić information content (AvgIpc) is 2.99. The van der Waals surface area contributed by atoms with E-state index in [4.69, 9.17) is 4.74 Å². The molecule has 0 radical (unpaired) electrons. The van der Waals surface area contributed by atoms with Crippen LogP contribution in [-0.4, -0.2) is 6.10 Å². The second-order valence-electron chi connectivity index (χ2n) is 11.4. The van der Waals surface area contributed by atoms with Crippen molar-refractivity contribution in [3.8, 4) is 22.3 Å². The van der Waals surface area contributed by atoms with Crippen LogP contribution >= 0.6 is 0 Å². The fourth-order valence-electron chi connectivity index (χ4n) is 5.93. The Hall–Kier alpha value is -4.05. The first kappa shape index (κ1) is 33.3.